The smallest absolute Gasteiger partial charge is 0.242 e. The molecule has 0 spiro atoms. The second kappa shape index (κ2) is 13.5. The van der Waals surface area contributed by atoms with Crippen LogP contribution in [-0.4, -0.2) is 57.1 Å². The molecule has 3 rings (SSSR count). The van der Waals surface area contributed by atoms with Crippen LogP contribution in [0.3, 0.4) is 0 Å². The Morgan fingerprint density at radius 1 is 1.11 bits per heavy atom. The summed E-state index contributed by atoms with van der Waals surface area (Å²) in [5.74, 6) is -0.00570. The Balaban J connectivity index is 1.76. The number of amides is 2. The van der Waals surface area contributed by atoms with Gasteiger partial charge in [0.05, 0.1) is 19.1 Å². The molecule has 0 radical (unpaired) electrons. The average Bonchev–Trinajstić information content (AvgIpc) is 3.38. The molecule has 1 saturated carbocycles. The summed E-state index contributed by atoms with van der Waals surface area (Å²) in [5, 5.41) is 3.86. The van der Waals surface area contributed by atoms with Crippen molar-refractivity contribution < 1.29 is 22.7 Å². The van der Waals surface area contributed by atoms with E-state index in [1.807, 2.05) is 0 Å². The normalized spacial score (nSPS) is 14.7. The molecule has 11 heteroatoms. The number of halogens is 2. The Morgan fingerprint density at radius 3 is 2.34 bits per heavy atom. The summed E-state index contributed by atoms with van der Waals surface area (Å²) < 4.78 is 31.5. The standard InChI is InChI=1S/C27H35Cl2N3O5S/c1-19(27(34)30-20-9-4-5-10-20)31(18-23-24(28)13-7-14-25(23)29)26(33)15-8-16-32(38(3,35)36)21-11-6-12-22(17-21)37-2/h6-7,11-14,17,19-20H,4-5,8-10,15-16,18H2,1-3H3,(H,30,34)/t19-/m1/s1. The molecule has 0 heterocycles. The zero-order chi connectivity index (χ0) is 27.9. The van der Waals surface area contributed by atoms with Crippen molar-refractivity contribution in [3.63, 3.8) is 0 Å². The molecule has 0 aliphatic heterocycles. The number of carbonyl (C=O) groups excluding carboxylic acids is 2. The van der Waals surface area contributed by atoms with Crippen molar-refractivity contribution in [3.05, 3.63) is 58.1 Å². The van der Waals surface area contributed by atoms with Gasteiger partial charge in [-0.2, -0.15) is 0 Å². The van der Waals surface area contributed by atoms with E-state index < -0.39 is 16.1 Å². The van der Waals surface area contributed by atoms with Crippen LogP contribution in [0.4, 0.5) is 5.69 Å². The molecular weight excluding hydrogens is 549 g/mol. The van der Waals surface area contributed by atoms with Gasteiger partial charge in [-0.15, -0.1) is 0 Å². The Hall–Kier alpha value is -2.49. The highest BCUT2D eigenvalue weighted by Crippen LogP contribution is 2.28. The van der Waals surface area contributed by atoms with Crippen LogP contribution in [0.2, 0.25) is 10.0 Å². The fourth-order valence-corrected chi connectivity index (χ4v) is 6.07. The van der Waals surface area contributed by atoms with Crippen LogP contribution in [0.15, 0.2) is 42.5 Å². The van der Waals surface area contributed by atoms with E-state index in [1.165, 1.54) is 16.3 Å². The molecule has 8 nitrogen and oxygen atoms in total. The number of nitrogens with one attached hydrogen (secondary N) is 1. The highest BCUT2D eigenvalue weighted by molar-refractivity contribution is 7.92. The molecule has 1 N–H and O–H groups in total. The van der Waals surface area contributed by atoms with Crippen molar-refractivity contribution >= 4 is 50.7 Å². The lowest BCUT2D eigenvalue weighted by Gasteiger charge is -2.31. The number of benzene rings is 2. The SMILES string of the molecule is COc1cccc(N(CCCC(=O)N(Cc2c(Cl)cccc2Cl)[C@H](C)C(=O)NC2CCCC2)S(C)(=O)=O)c1. The third kappa shape index (κ3) is 8.01. The minimum absolute atomic E-state index is 0.0269. The number of methoxy groups -OCH3 is 1. The van der Waals surface area contributed by atoms with E-state index in [9.17, 15) is 18.0 Å². The van der Waals surface area contributed by atoms with Crippen LogP contribution in [-0.2, 0) is 26.2 Å². The zero-order valence-corrected chi connectivity index (χ0v) is 24.3. The van der Waals surface area contributed by atoms with Gasteiger partial charge in [-0.1, -0.05) is 48.2 Å². The van der Waals surface area contributed by atoms with E-state index in [2.05, 4.69) is 5.32 Å². The van der Waals surface area contributed by atoms with Crippen molar-refractivity contribution in [2.75, 3.05) is 24.2 Å². The molecular formula is C27H35Cl2N3O5S. The summed E-state index contributed by atoms with van der Waals surface area (Å²) in [5.41, 5.74) is 1.00. The van der Waals surface area contributed by atoms with Gasteiger partial charge in [-0.05, 0) is 50.5 Å². The predicted molar refractivity (Wildman–Crippen MR) is 151 cm³/mol. The maximum atomic E-state index is 13.5. The zero-order valence-electron chi connectivity index (χ0n) is 22.0. The topological polar surface area (TPSA) is 96.0 Å². The number of ether oxygens (including phenoxy) is 1. The fraction of sp³-hybridized carbons (Fsp3) is 0.481. The number of rotatable bonds is 12. The van der Waals surface area contributed by atoms with E-state index in [-0.39, 0.29) is 43.8 Å². The van der Waals surface area contributed by atoms with Crippen LogP contribution in [0.25, 0.3) is 0 Å². The van der Waals surface area contributed by atoms with E-state index in [0.29, 0.717) is 27.0 Å². The molecule has 2 aromatic rings. The highest BCUT2D eigenvalue weighted by atomic mass is 35.5. The summed E-state index contributed by atoms with van der Waals surface area (Å²) in [7, 11) is -2.10. The summed E-state index contributed by atoms with van der Waals surface area (Å²) in [6.07, 6.45) is 5.38. The molecule has 1 aliphatic rings. The number of anilines is 1. The van der Waals surface area contributed by atoms with Crippen molar-refractivity contribution in [1.29, 1.82) is 0 Å². The van der Waals surface area contributed by atoms with Gasteiger partial charge in [0.15, 0.2) is 0 Å². The second-order valence-electron chi connectivity index (χ2n) is 9.53. The second-order valence-corrected chi connectivity index (χ2v) is 12.2. The maximum Gasteiger partial charge on any atom is 0.242 e. The average molecular weight is 585 g/mol. The molecule has 1 fully saturated rings. The summed E-state index contributed by atoms with van der Waals surface area (Å²) in [6.45, 7) is 1.83. The summed E-state index contributed by atoms with van der Waals surface area (Å²) in [4.78, 5) is 28.1. The monoisotopic (exact) mass is 583 g/mol. The minimum Gasteiger partial charge on any atom is -0.497 e. The lowest BCUT2D eigenvalue weighted by molar-refractivity contribution is -0.140. The van der Waals surface area contributed by atoms with Gasteiger partial charge >= 0.3 is 0 Å². The van der Waals surface area contributed by atoms with E-state index in [0.717, 1.165) is 31.9 Å². The lowest BCUT2D eigenvalue weighted by Crippen LogP contribution is -2.49. The van der Waals surface area contributed by atoms with Gasteiger partial charge in [-0.25, -0.2) is 8.42 Å². The first kappa shape index (κ1) is 30.1. The Bertz CT molecular complexity index is 1210. The molecule has 1 atom stereocenters. The molecule has 1 aliphatic carbocycles. The number of hydrogen-bond donors (Lipinski definition) is 1. The Kier molecular flexibility index (Phi) is 10.7. The Labute approximate surface area is 235 Å². The number of nitrogens with zero attached hydrogens (tertiary/aromatic N) is 2. The van der Waals surface area contributed by atoms with Crippen molar-refractivity contribution in [3.8, 4) is 5.75 Å². The van der Waals surface area contributed by atoms with Crippen molar-refractivity contribution in [1.82, 2.24) is 10.2 Å². The summed E-state index contributed by atoms with van der Waals surface area (Å²) in [6, 6.07) is 11.2. The van der Waals surface area contributed by atoms with Crippen LogP contribution in [0.5, 0.6) is 5.75 Å². The van der Waals surface area contributed by atoms with Crippen LogP contribution in [0.1, 0.15) is 51.0 Å². The molecule has 2 aromatic carbocycles. The van der Waals surface area contributed by atoms with Gasteiger partial charge in [0.25, 0.3) is 0 Å². The fourth-order valence-electron chi connectivity index (χ4n) is 4.60. The molecule has 0 unspecified atom stereocenters. The molecule has 0 bridgehead atoms. The van der Waals surface area contributed by atoms with Crippen LogP contribution >= 0.6 is 23.2 Å². The van der Waals surface area contributed by atoms with E-state index in [1.54, 1.807) is 49.4 Å². The first-order chi connectivity index (χ1) is 18.0. The first-order valence-electron chi connectivity index (χ1n) is 12.7. The molecule has 2 amide bonds. The van der Waals surface area contributed by atoms with Crippen molar-refractivity contribution in [2.45, 2.75) is 64.1 Å². The molecule has 0 aromatic heterocycles. The minimum atomic E-state index is -3.61. The first-order valence-corrected chi connectivity index (χ1v) is 15.3. The molecule has 208 valence electrons. The largest absolute Gasteiger partial charge is 0.497 e. The van der Waals surface area contributed by atoms with Crippen molar-refractivity contribution in [2.24, 2.45) is 0 Å². The third-order valence-corrected chi connectivity index (χ3v) is 8.65. The summed E-state index contributed by atoms with van der Waals surface area (Å²) >= 11 is 12.8. The van der Waals surface area contributed by atoms with E-state index in [4.69, 9.17) is 27.9 Å². The third-order valence-electron chi connectivity index (χ3n) is 6.75. The highest BCUT2D eigenvalue weighted by Gasteiger charge is 2.29. The van der Waals surface area contributed by atoms with Gasteiger partial charge < -0.3 is 15.0 Å². The maximum absolute atomic E-state index is 13.5. The number of sulfonamides is 1. The quantitative estimate of drug-likeness (QED) is 0.378. The molecule has 38 heavy (non-hydrogen) atoms. The number of hydrogen-bond acceptors (Lipinski definition) is 5. The lowest BCUT2D eigenvalue weighted by atomic mass is 10.1. The van der Waals surface area contributed by atoms with Gasteiger partial charge in [0.1, 0.15) is 11.8 Å². The van der Waals surface area contributed by atoms with Gasteiger partial charge in [0, 0.05) is 47.2 Å². The van der Waals surface area contributed by atoms with Crippen LogP contribution in [0, 0.1) is 0 Å². The molecule has 0 saturated heterocycles. The Morgan fingerprint density at radius 2 is 1.74 bits per heavy atom. The van der Waals surface area contributed by atoms with Crippen LogP contribution < -0.4 is 14.4 Å². The number of carbonyl (C=O) groups is 2. The van der Waals surface area contributed by atoms with E-state index >= 15 is 0 Å². The van der Waals surface area contributed by atoms with Gasteiger partial charge in [-0.3, -0.25) is 13.9 Å². The van der Waals surface area contributed by atoms with Gasteiger partial charge in [0.2, 0.25) is 21.8 Å². The predicted octanol–water partition coefficient (Wildman–Crippen LogP) is 5.02.